The van der Waals surface area contributed by atoms with Gasteiger partial charge in [-0.15, -0.1) is 0 Å². The second-order valence-electron chi connectivity index (χ2n) is 7.68. The van der Waals surface area contributed by atoms with E-state index in [0.717, 1.165) is 11.3 Å². The van der Waals surface area contributed by atoms with Crippen molar-refractivity contribution in [1.82, 2.24) is 10.3 Å². The number of furan rings is 1. The quantitative estimate of drug-likeness (QED) is 0.419. The molecule has 0 fully saturated rings. The van der Waals surface area contributed by atoms with Crippen LogP contribution in [0, 0.1) is 5.92 Å². The smallest absolute Gasteiger partial charge is 0.260 e. The molecule has 0 aliphatic heterocycles. The summed E-state index contributed by atoms with van der Waals surface area (Å²) in [6, 6.07) is 8.49. The van der Waals surface area contributed by atoms with Crippen molar-refractivity contribution in [2.24, 2.45) is 5.92 Å². The highest BCUT2D eigenvalue weighted by Gasteiger charge is 2.33. The Labute approximate surface area is 198 Å². The van der Waals surface area contributed by atoms with E-state index < -0.39 is 17.9 Å². The summed E-state index contributed by atoms with van der Waals surface area (Å²) in [6.45, 7) is -0.0452. The van der Waals surface area contributed by atoms with Gasteiger partial charge in [0, 0.05) is 25.5 Å². The van der Waals surface area contributed by atoms with E-state index in [0.29, 0.717) is 27.6 Å². The third kappa shape index (κ3) is 5.61. The molecule has 3 aromatic rings. The SMILES string of the molecule is COc1cccc(OC[C@@H](O)CNC(=O)[C@H]2CC(=O)c3sc(NC(=O)c4ccoc4)nc3C2)c1. The number of hydrogen-bond acceptors (Lipinski definition) is 9. The average molecular weight is 486 g/mol. The minimum absolute atomic E-state index is 0.0208. The fourth-order valence-electron chi connectivity index (χ4n) is 3.44. The first-order valence-corrected chi connectivity index (χ1v) is 11.3. The van der Waals surface area contributed by atoms with Crippen LogP contribution in [0.4, 0.5) is 5.13 Å². The zero-order valence-electron chi connectivity index (χ0n) is 18.3. The van der Waals surface area contributed by atoms with Crippen molar-refractivity contribution in [3.63, 3.8) is 0 Å². The molecule has 2 aromatic heterocycles. The van der Waals surface area contributed by atoms with Gasteiger partial charge in [-0.05, 0) is 18.2 Å². The van der Waals surface area contributed by atoms with Crippen molar-refractivity contribution in [2.75, 3.05) is 25.6 Å². The number of anilines is 1. The summed E-state index contributed by atoms with van der Waals surface area (Å²) in [5.41, 5.74) is 0.816. The predicted molar refractivity (Wildman–Crippen MR) is 122 cm³/mol. The molecular formula is C23H23N3O7S. The first-order valence-electron chi connectivity index (χ1n) is 10.5. The second-order valence-corrected chi connectivity index (χ2v) is 8.68. The van der Waals surface area contributed by atoms with E-state index in [4.69, 9.17) is 13.9 Å². The molecule has 3 N–H and O–H groups in total. The molecule has 0 spiro atoms. The van der Waals surface area contributed by atoms with Gasteiger partial charge in [-0.1, -0.05) is 17.4 Å². The molecule has 178 valence electrons. The molecule has 0 saturated carbocycles. The molecule has 10 nitrogen and oxygen atoms in total. The van der Waals surface area contributed by atoms with Crippen LogP contribution in [0.3, 0.4) is 0 Å². The number of hydrogen-bond donors (Lipinski definition) is 3. The Morgan fingerprint density at radius 3 is 2.88 bits per heavy atom. The first kappa shape index (κ1) is 23.5. The van der Waals surface area contributed by atoms with Gasteiger partial charge >= 0.3 is 0 Å². The molecule has 1 aliphatic rings. The maximum atomic E-state index is 12.6. The number of carbonyl (C=O) groups is 3. The van der Waals surface area contributed by atoms with Gasteiger partial charge in [0.05, 0.1) is 35.4 Å². The number of thiazole rings is 1. The van der Waals surface area contributed by atoms with Gasteiger partial charge in [0.1, 0.15) is 30.5 Å². The number of Topliss-reactive ketones (excluding diaryl/α,β-unsaturated/α-hetero) is 1. The molecule has 4 rings (SSSR count). The molecule has 0 radical (unpaired) electrons. The van der Waals surface area contributed by atoms with Crippen molar-refractivity contribution >= 4 is 34.1 Å². The Morgan fingerprint density at radius 1 is 1.29 bits per heavy atom. The standard InChI is InChI=1S/C23H23N3O7S/c1-31-16-3-2-4-17(9-16)33-12-15(27)10-24-21(29)14-7-18-20(19(28)8-14)34-23(25-18)26-22(30)13-5-6-32-11-13/h2-6,9,11,14-15,27H,7-8,10,12H2,1H3,(H,24,29)(H,25,26,30)/t14-,15+/m1/s1. The summed E-state index contributed by atoms with van der Waals surface area (Å²) in [5, 5.41) is 15.8. The van der Waals surface area contributed by atoms with Gasteiger partial charge < -0.3 is 24.3 Å². The van der Waals surface area contributed by atoms with E-state index in [1.807, 2.05) is 0 Å². The van der Waals surface area contributed by atoms with Crippen LogP contribution in [-0.2, 0) is 11.2 Å². The molecule has 34 heavy (non-hydrogen) atoms. The normalized spacial score (nSPS) is 15.8. The number of carbonyl (C=O) groups excluding carboxylic acids is 3. The Hall–Kier alpha value is -3.70. The number of aliphatic hydroxyl groups excluding tert-OH is 1. The number of aromatic nitrogens is 1. The zero-order chi connectivity index (χ0) is 24.1. The van der Waals surface area contributed by atoms with Crippen molar-refractivity contribution in [1.29, 1.82) is 0 Å². The lowest BCUT2D eigenvalue weighted by molar-refractivity contribution is -0.125. The molecular weight excluding hydrogens is 462 g/mol. The van der Waals surface area contributed by atoms with Gasteiger partial charge in [0.2, 0.25) is 5.91 Å². The molecule has 0 bridgehead atoms. The summed E-state index contributed by atoms with van der Waals surface area (Å²) in [4.78, 5) is 42.1. The van der Waals surface area contributed by atoms with Crippen LogP contribution in [0.2, 0.25) is 0 Å². The monoisotopic (exact) mass is 485 g/mol. The Bertz CT molecular complexity index is 1180. The maximum absolute atomic E-state index is 12.6. The Morgan fingerprint density at radius 2 is 2.12 bits per heavy atom. The molecule has 1 aromatic carbocycles. The summed E-state index contributed by atoms with van der Waals surface area (Å²) in [7, 11) is 1.55. The third-order valence-corrected chi connectivity index (χ3v) is 6.25. The number of methoxy groups -OCH3 is 1. The number of rotatable bonds is 9. The molecule has 2 atom stereocenters. The summed E-state index contributed by atoms with van der Waals surface area (Å²) >= 11 is 1.09. The van der Waals surface area contributed by atoms with Gasteiger partial charge in [0.15, 0.2) is 10.9 Å². The number of benzene rings is 1. The average Bonchev–Trinajstić information content (AvgIpc) is 3.51. The Balaban J connectivity index is 1.28. The summed E-state index contributed by atoms with van der Waals surface area (Å²) in [5.74, 6) is -0.388. The molecule has 2 heterocycles. The summed E-state index contributed by atoms with van der Waals surface area (Å²) in [6.07, 6.45) is 2.06. The molecule has 0 saturated heterocycles. The van der Waals surface area contributed by atoms with Crippen molar-refractivity contribution < 1.29 is 33.4 Å². The highest BCUT2D eigenvalue weighted by Crippen LogP contribution is 2.32. The van der Waals surface area contributed by atoms with Crippen LogP contribution in [0.15, 0.2) is 47.3 Å². The van der Waals surface area contributed by atoms with Crippen LogP contribution in [0.5, 0.6) is 11.5 Å². The lowest BCUT2D eigenvalue weighted by Crippen LogP contribution is -2.40. The van der Waals surface area contributed by atoms with Crippen molar-refractivity contribution in [3.8, 4) is 11.5 Å². The number of ether oxygens (including phenoxy) is 2. The van der Waals surface area contributed by atoms with Gasteiger partial charge in [0.25, 0.3) is 5.91 Å². The summed E-state index contributed by atoms with van der Waals surface area (Å²) < 4.78 is 15.5. The van der Waals surface area contributed by atoms with Gasteiger partial charge in [-0.25, -0.2) is 4.98 Å². The highest BCUT2D eigenvalue weighted by atomic mass is 32.1. The molecule has 11 heteroatoms. The van der Waals surface area contributed by atoms with E-state index in [-0.39, 0.29) is 42.8 Å². The largest absolute Gasteiger partial charge is 0.497 e. The van der Waals surface area contributed by atoms with E-state index >= 15 is 0 Å². The fourth-order valence-corrected chi connectivity index (χ4v) is 4.37. The van der Waals surface area contributed by atoms with Gasteiger partial charge in [-0.3, -0.25) is 19.7 Å². The van der Waals surface area contributed by atoms with E-state index in [2.05, 4.69) is 15.6 Å². The number of ketones is 1. The number of nitrogens with one attached hydrogen (secondary N) is 2. The number of amides is 2. The topological polar surface area (TPSA) is 140 Å². The molecule has 1 aliphatic carbocycles. The van der Waals surface area contributed by atoms with Gasteiger partial charge in [-0.2, -0.15) is 0 Å². The maximum Gasteiger partial charge on any atom is 0.260 e. The van der Waals surface area contributed by atoms with Crippen LogP contribution in [0.25, 0.3) is 0 Å². The van der Waals surface area contributed by atoms with E-state index in [9.17, 15) is 19.5 Å². The lowest BCUT2D eigenvalue weighted by atomic mass is 9.89. The van der Waals surface area contributed by atoms with Crippen LogP contribution in [0.1, 0.15) is 32.1 Å². The molecule has 2 amide bonds. The van der Waals surface area contributed by atoms with Crippen molar-refractivity contribution in [3.05, 3.63) is 59.0 Å². The fraction of sp³-hybridized carbons (Fsp3) is 0.304. The van der Waals surface area contributed by atoms with Crippen molar-refractivity contribution in [2.45, 2.75) is 18.9 Å². The predicted octanol–water partition coefficient (Wildman–Crippen LogP) is 2.30. The number of aliphatic hydroxyl groups is 1. The minimum Gasteiger partial charge on any atom is -0.497 e. The van der Waals surface area contributed by atoms with E-state index in [1.54, 1.807) is 31.4 Å². The third-order valence-electron chi connectivity index (χ3n) is 5.19. The lowest BCUT2D eigenvalue weighted by Gasteiger charge is -2.20. The zero-order valence-corrected chi connectivity index (χ0v) is 19.1. The number of fused-ring (bicyclic) bond motifs is 1. The number of nitrogens with zero attached hydrogens (tertiary/aromatic N) is 1. The highest BCUT2D eigenvalue weighted by molar-refractivity contribution is 7.17. The van der Waals surface area contributed by atoms with Crippen LogP contribution >= 0.6 is 11.3 Å². The first-order chi connectivity index (χ1) is 16.4. The molecule has 0 unspecified atom stereocenters. The van der Waals surface area contributed by atoms with Crippen LogP contribution in [-0.4, -0.2) is 54.1 Å². The second kappa shape index (κ2) is 10.5. The minimum atomic E-state index is -0.936. The van der Waals surface area contributed by atoms with Crippen LogP contribution < -0.4 is 20.1 Å². The van der Waals surface area contributed by atoms with E-state index in [1.165, 1.54) is 18.6 Å². The Kier molecular flexibility index (Phi) is 7.24.